The van der Waals surface area contributed by atoms with Crippen LogP contribution >= 0.6 is 15.9 Å². The van der Waals surface area contributed by atoms with Crippen molar-refractivity contribution >= 4 is 33.4 Å². The van der Waals surface area contributed by atoms with Crippen molar-refractivity contribution < 1.29 is 9.59 Å². The van der Waals surface area contributed by atoms with Crippen molar-refractivity contribution in [2.45, 2.75) is 13.8 Å². The summed E-state index contributed by atoms with van der Waals surface area (Å²) in [6.07, 6.45) is 0. The number of amides is 2. The number of rotatable bonds is 4. The summed E-state index contributed by atoms with van der Waals surface area (Å²) in [5.74, 6) is -0.886. The van der Waals surface area contributed by atoms with Crippen LogP contribution in [-0.4, -0.2) is 26.8 Å². The molecule has 1 heterocycles. The average Bonchev–Trinajstić information content (AvgIpc) is 2.96. The van der Waals surface area contributed by atoms with Gasteiger partial charge in [0, 0.05) is 15.7 Å². The first kappa shape index (κ1) is 17.8. The lowest BCUT2D eigenvalue weighted by molar-refractivity contribution is 0.0997. The van der Waals surface area contributed by atoms with Gasteiger partial charge >= 0.3 is 0 Å². The van der Waals surface area contributed by atoms with E-state index >= 15 is 0 Å². The van der Waals surface area contributed by atoms with Gasteiger partial charge in [-0.3, -0.25) is 9.59 Å². The average molecular weight is 414 g/mol. The van der Waals surface area contributed by atoms with E-state index in [2.05, 4.69) is 31.6 Å². The predicted molar refractivity (Wildman–Crippen MR) is 101 cm³/mol. The molecule has 2 aromatic carbocycles. The fraction of sp³-hybridized carbons (Fsp3) is 0.111. The van der Waals surface area contributed by atoms with Crippen LogP contribution in [0.15, 0.2) is 46.9 Å². The number of nitrogens with one attached hydrogen (secondary N) is 1. The summed E-state index contributed by atoms with van der Waals surface area (Å²) in [6.45, 7) is 3.53. The summed E-state index contributed by atoms with van der Waals surface area (Å²) >= 11 is 3.41. The van der Waals surface area contributed by atoms with Crippen molar-refractivity contribution in [1.29, 1.82) is 0 Å². The molecule has 0 saturated carbocycles. The second-order valence-electron chi connectivity index (χ2n) is 5.76. The topological polar surface area (TPSA) is 103 Å². The Morgan fingerprint density at radius 2 is 1.92 bits per heavy atom. The molecule has 0 spiro atoms. The first-order valence-electron chi connectivity index (χ1n) is 7.77. The Kier molecular flexibility index (Phi) is 4.85. The summed E-state index contributed by atoms with van der Waals surface area (Å²) in [5, 5.41) is 10.8. The number of benzene rings is 2. The van der Waals surface area contributed by atoms with Gasteiger partial charge in [-0.15, -0.1) is 5.10 Å². The van der Waals surface area contributed by atoms with E-state index in [0.29, 0.717) is 22.5 Å². The maximum absolute atomic E-state index is 12.5. The van der Waals surface area contributed by atoms with Gasteiger partial charge in [0.15, 0.2) is 5.69 Å². The standard InChI is InChI=1S/C18H16BrN5O2/c1-10-8-13(6-7-15(10)17(20)25)21-18(26)16-11(2)24(23-22-16)14-5-3-4-12(19)9-14/h3-9H,1-2H3,(H2,20,25)(H,21,26). The van der Waals surface area contributed by atoms with Gasteiger partial charge in [0.25, 0.3) is 5.91 Å². The van der Waals surface area contributed by atoms with Gasteiger partial charge in [-0.1, -0.05) is 27.2 Å². The molecule has 0 aliphatic carbocycles. The number of carbonyl (C=O) groups excluding carboxylic acids is 2. The summed E-state index contributed by atoms with van der Waals surface area (Å²) in [6, 6.07) is 12.4. The number of aromatic nitrogens is 3. The fourth-order valence-electron chi connectivity index (χ4n) is 2.60. The van der Waals surface area contributed by atoms with Crippen LogP contribution in [0.4, 0.5) is 5.69 Å². The summed E-state index contributed by atoms with van der Waals surface area (Å²) in [7, 11) is 0. The highest BCUT2D eigenvalue weighted by Gasteiger charge is 2.18. The Morgan fingerprint density at radius 1 is 1.15 bits per heavy atom. The molecule has 3 aromatic rings. The predicted octanol–water partition coefficient (Wildman–Crippen LogP) is 3.00. The highest BCUT2D eigenvalue weighted by Crippen LogP contribution is 2.19. The molecule has 0 bridgehead atoms. The molecule has 0 atom stereocenters. The van der Waals surface area contributed by atoms with Crippen LogP contribution in [-0.2, 0) is 0 Å². The number of primary amides is 1. The second kappa shape index (κ2) is 7.09. The Labute approximate surface area is 158 Å². The number of aryl methyl sites for hydroxylation is 1. The Morgan fingerprint density at radius 3 is 2.58 bits per heavy atom. The summed E-state index contributed by atoms with van der Waals surface area (Å²) in [4.78, 5) is 23.8. The lowest BCUT2D eigenvalue weighted by atomic mass is 10.1. The van der Waals surface area contributed by atoms with Gasteiger partial charge in [-0.2, -0.15) is 0 Å². The molecule has 3 rings (SSSR count). The summed E-state index contributed by atoms with van der Waals surface area (Å²) in [5.41, 5.74) is 8.58. The van der Waals surface area contributed by atoms with Crippen LogP contribution in [0.5, 0.6) is 0 Å². The van der Waals surface area contributed by atoms with E-state index in [4.69, 9.17) is 5.73 Å². The number of hydrogen-bond acceptors (Lipinski definition) is 4. The van der Waals surface area contributed by atoms with E-state index < -0.39 is 5.91 Å². The zero-order chi connectivity index (χ0) is 18.8. The molecule has 0 aliphatic rings. The quantitative estimate of drug-likeness (QED) is 0.685. The largest absolute Gasteiger partial charge is 0.366 e. The third kappa shape index (κ3) is 3.50. The minimum atomic E-state index is -0.506. The van der Waals surface area contributed by atoms with E-state index in [1.807, 2.05) is 24.3 Å². The Hall–Kier alpha value is -3.00. The van der Waals surface area contributed by atoms with E-state index in [-0.39, 0.29) is 11.6 Å². The third-order valence-corrected chi connectivity index (χ3v) is 4.41. The van der Waals surface area contributed by atoms with Crippen LogP contribution in [0.25, 0.3) is 5.69 Å². The number of hydrogen-bond donors (Lipinski definition) is 2. The maximum atomic E-state index is 12.5. The normalized spacial score (nSPS) is 10.6. The van der Waals surface area contributed by atoms with Crippen LogP contribution < -0.4 is 11.1 Å². The van der Waals surface area contributed by atoms with Gasteiger partial charge in [0.05, 0.1) is 11.4 Å². The molecule has 0 aliphatic heterocycles. The molecule has 3 N–H and O–H groups in total. The molecule has 0 radical (unpaired) electrons. The third-order valence-electron chi connectivity index (χ3n) is 3.91. The van der Waals surface area contributed by atoms with Crippen molar-refractivity contribution in [2.75, 3.05) is 5.32 Å². The smallest absolute Gasteiger partial charge is 0.278 e. The first-order valence-corrected chi connectivity index (χ1v) is 8.56. The van der Waals surface area contributed by atoms with E-state index in [1.165, 1.54) is 0 Å². The number of halogens is 1. The molecule has 8 heteroatoms. The van der Waals surface area contributed by atoms with Gasteiger partial charge in [0.1, 0.15) is 0 Å². The van der Waals surface area contributed by atoms with Crippen LogP contribution in [0.1, 0.15) is 32.1 Å². The van der Waals surface area contributed by atoms with Crippen LogP contribution in [0.3, 0.4) is 0 Å². The first-order chi connectivity index (χ1) is 12.4. The monoisotopic (exact) mass is 413 g/mol. The molecule has 0 unspecified atom stereocenters. The zero-order valence-corrected chi connectivity index (χ0v) is 15.7. The van der Waals surface area contributed by atoms with Gasteiger partial charge < -0.3 is 11.1 Å². The van der Waals surface area contributed by atoms with Gasteiger partial charge in [-0.25, -0.2) is 4.68 Å². The molecular weight excluding hydrogens is 398 g/mol. The Bertz CT molecular complexity index is 1010. The number of carbonyl (C=O) groups is 2. The maximum Gasteiger partial charge on any atom is 0.278 e. The van der Waals surface area contributed by atoms with Crippen molar-refractivity contribution in [3.63, 3.8) is 0 Å². The minimum absolute atomic E-state index is 0.224. The van der Waals surface area contributed by atoms with Crippen molar-refractivity contribution in [1.82, 2.24) is 15.0 Å². The zero-order valence-electron chi connectivity index (χ0n) is 14.2. The highest BCUT2D eigenvalue weighted by atomic mass is 79.9. The molecular formula is C18H16BrN5O2. The van der Waals surface area contributed by atoms with Crippen LogP contribution in [0, 0.1) is 13.8 Å². The fourth-order valence-corrected chi connectivity index (χ4v) is 2.99. The molecule has 1 aromatic heterocycles. The highest BCUT2D eigenvalue weighted by molar-refractivity contribution is 9.10. The molecule has 2 amide bonds. The van der Waals surface area contributed by atoms with E-state index in [1.54, 1.807) is 36.7 Å². The Balaban J connectivity index is 1.85. The van der Waals surface area contributed by atoms with Gasteiger partial charge in [-0.05, 0) is 55.8 Å². The van der Waals surface area contributed by atoms with Gasteiger partial charge in [0.2, 0.25) is 5.91 Å². The molecule has 26 heavy (non-hydrogen) atoms. The SMILES string of the molecule is Cc1cc(NC(=O)c2nnn(-c3cccc(Br)c3)c2C)ccc1C(N)=O. The summed E-state index contributed by atoms with van der Waals surface area (Å²) < 4.78 is 2.50. The number of anilines is 1. The van der Waals surface area contributed by atoms with Crippen molar-refractivity contribution in [2.24, 2.45) is 5.73 Å². The lowest BCUT2D eigenvalue weighted by Gasteiger charge is -2.08. The van der Waals surface area contributed by atoms with Crippen LogP contribution in [0.2, 0.25) is 0 Å². The lowest BCUT2D eigenvalue weighted by Crippen LogP contribution is -2.16. The molecule has 0 saturated heterocycles. The molecule has 0 fully saturated rings. The van der Waals surface area contributed by atoms with E-state index in [0.717, 1.165) is 10.2 Å². The van der Waals surface area contributed by atoms with E-state index in [9.17, 15) is 9.59 Å². The molecule has 132 valence electrons. The van der Waals surface area contributed by atoms with Crippen molar-refractivity contribution in [3.05, 3.63) is 69.5 Å². The number of nitrogens with two attached hydrogens (primary N) is 1. The molecule has 7 nitrogen and oxygen atoms in total. The van der Waals surface area contributed by atoms with Crippen molar-refractivity contribution in [3.8, 4) is 5.69 Å². The number of nitrogens with zero attached hydrogens (tertiary/aromatic N) is 3. The minimum Gasteiger partial charge on any atom is -0.366 e. The second-order valence-corrected chi connectivity index (χ2v) is 6.68.